The molecule has 6 heteroatoms. The standard InChI is InChI=1S/C17H20FNO4/c1-16(2,3)23-15(21)19-8-6-17(7-9-19)14(20)12-5-4-11(18)10-13(12)22-17/h4-5,10H,6-9H2,1-3H3. The summed E-state index contributed by atoms with van der Waals surface area (Å²) >= 11 is 0. The van der Waals surface area contributed by atoms with Crippen molar-refractivity contribution >= 4 is 11.9 Å². The van der Waals surface area contributed by atoms with E-state index in [-0.39, 0.29) is 11.9 Å². The molecule has 23 heavy (non-hydrogen) atoms. The highest BCUT2D eigenvalue weighted by atomic mass is 19.1. The van der Waals surface area contributed by atoms with Crippen LogP contribution in [0, 0.1) is 5.82 Å². The first kappa shape index (κ1) is 15.8. The number of Topliss-reactive ketones (excluding diaryl/α,β-unsaturated/α-hetero) is 1. The van der Waals surface area contributed by atoms with Crippen LogP contribution in [-0.2, 0) is 4.74 Å². The molecule has 2 heterocycles. The zero-order chi connectivity index (χ0) is 16.8. The zero-order valence-electron chi connectivity index (χ0n) is 13.5. The maximum absolute atomic E-state index is 13.3. The third-order valence-corrected chi connectivity index (χ3v) is 4.13. The fourth-order valence-corrected chi connectivity index (χ4v) is 2.98. The lowest BCUT2D eigenvalue weighted by atomic mass is 9.86. The predicted octanol–water partition coefficient (Wildman–Crippen LogP) is 3.17. The molecule has 124 valence electrons. The van der Waals surface area contributed by atoms with Gasteiger partial charge in [-0.1, -0.05) is 0 Å². The molecule has 0 aromatic heterocycles. The zero-order valence-corrected chi connectivity index (χ0v) is 13.5. The van der Waals surface area contributed by atoms with Crippen molar-refractivity contribution in [3.8, 4) is 5.75 Å². The van der Waals surface area contributed by atoms with Crippen LogP contribution in [0.1, 0.15) is 44.0 Å². The molecule has 0 N–H and O–H groups in total. The molecule has 0 bridgehead atoms. The molecular formula is C17H20FNO4. The van der Waals surface area contributed by atoms with Gasteiger partial charge in [-0.15, -0.1) is 0 Å². The van der Waals surface area contributed by atoms with Gasteiger partial charge < -0.3 is 14.4 Å². The van der Waals surface area contributed by atoms with Crippen molar-refractivity contribution in [1.82, 2.24) is 4.90 Å². The normalized spacial score (nSPS) is 19.5. The van der Waals surface area contributed by atoms with E-state index in [0.717, 1.165) is 0 Å². The smallest absolute Gasteiger partial charge is 0.410 e. The van der Waals surface area contributed by atoms with E-state index in [2.05, 4.69) is 0 Å². The Morgan fingerprint density at radius 2 is 1.96 bits per heavy atom. The topological polar surface area (TPSA) is 55.8 Å². The van der Waals surface area contributed by atoms with Gasteiger partial charge in [-0.05, 0) is 32.9 Å². The number of benzene rings is 1. The number of ketones is 1. The lowest BCUT2D eigenvalue weighted by Gasteiger charge is -2.37. The third-order valence-electron chi connectivity index (χ3n) is 4.13. The summed E-state index contributed by atoms with van der Waals surface area (Å²) in [5, 5.41) is 0. The number of hydrogen-bond acceptors (Lipinski definition) is 4. The fraction of sp³-hybridized carbons (Fsp3) is 0.529. The van der Waals surface area contributed by atoms with Crippen molar-refractivity contribution in [2.24, 2.45) is 0 Å². The molecule has 1 saturated heterocycles. The van der Waals surface area contributed by atoms with E-state index in [9.17, 15) is 14.0 Å². The summed E-state index contributed by atoms with van der Waals surface area (Å²) in [5.41, 5.74) is -1.12. The number of piperidine rings is 1. The van der Waals surface area contributed by atoms with Gasteiger partial charge in [-0.2, -0.15) is 0 Å². The molecule has 1 aromatic carbocycles. The molecule has 2 aliphatic rings. The lowest BCUT2D eigenvalue weighted by molar-refractivity contribution is -0.00477. The second kappa shape index (κ2) is 5.22. The molecule has 1 spiro atoms. The Morgan fingerprint density at radius 3 is 2.57 bits per heavy atom. The molecule has 1 aromatic rings. The quantitative estimate of drug-likeness (QED) is 0.736. The van der Waals surface area contributed by atoms with E-state index in [1.165, 1.54) is 18.2 Å². The van der Waals surface area contributed by atoms with E-state index in [1.54, 1.807) is 4.90 Å². The van der Waals surface area contributed by atoms with Gasteiger partial charge in [-0.25, -0.2) is 9.18 Å². The summed E-state index contributed by atoms with van der Waals surface area (Å²) in [6, 6.07) is 3.96. The minimum atomic E-state index is -0.978. The number of carbonyl (C=O) groups is 2. The molecule has 1 amide bonds. The number of amides is 1. The van der Waals surface area contributed by atoms with E-state index in [1.807, 2.05) is 20.8 Å². The molecule has 0 saturated carbocycles. The minimum absolute atomic E-state index is 0.128. The molecule has 0 radical (unpaired) electrons. The van der Waals surface area contributed by atoms with Crippen molar-refractivity contribution in [3.63, 3.8) is 0 Å². The Balaban J connectivity index is 1.70. The molecule has 0 atom stereocenters. The average Bonchev–Trinajstić information content (AvgIpc) is 2.70. The van der Waals surface area contributed by atoms with Crippen LogP contribution in [0.3, 0.4) is 0 Å². The van der Waals surface area contributed by atoms with E-state index in [0.29, 0.717) is 37.2 Å². The first-order valence-electron chi connectivity index (χ1n) is 7.71. The molecule has 1 fully saturated rings. The summed E-state index contributed by atoms with van der Waals surface area (Å²) < 4.78 is 24.4. The third kappa shape index (κ3) is 2.90. The molecule has 5 nitrogen and oxygen atoms in total. The highest BCUT2D eigenvalue weighted by Crippen LogP contribution is 2.41. The maximum atomic E-state index is 13.3. The van der Waals surface area contributed by atoms with E-state index in [4.69, 9.17) is 9.47 Å². The first-order valence-corrected chi connectivity index (χ1v) is 7.71. The van der Waals surface area contributed by atoms with Crippen LogP contribution in [0.15, 0.2) is 18.2 Å². The van der Waals surface area contributed by atoms with Crippen LogP contribution in [-0.4, -0.2) is 41.1 Å². The molecular weight excluding hydrogens is 301 g/mol. The highest BCUT2D eigenvalue weighted by Gasteiger charge is 2.50. The van der Waals surface area contributed by atoms with E-state index >= 15 is 0 Å². The van der Waals surface area contributed by atoms with Crippen LogP contribution in [0.5, 0.6) is 5.75 Å². The Morgan fingerprint density at radius 1 is 1.30 bits per heavy atom. The lowest BCUT2D eigenvalue weighted by Crippen LogP contribution is -2.52. The van der Waals surface area contributed by atoms with Gasteiger partial charge in [0, 0.05) is 32.0 Å². The second-order valence-electron chi connectivity index (χ2n) is 7.03. The van der Waals surface area contributed by atoms with Crippen LogP contribution < -0.4 is 4.74 Å². The Hall–Kier alpha value is -2.11. The number of carbonyl (C=O) groups excluding carboxylic acids is 2. The first-order chi connectivity index (χ1) is 10.7. The maximum Gasteiger partial charge on any atom is 0.410 e. The Labute approximate surface area is 134 Å². The van der Waals surface area contributed by atoms with Gasteiger partial charge in [0.25, 0.3) is 0 Å². The monoisotopic (exact) mass is 321 g/mol. The summed E-state index contributed by atoms with van der Waals surface area (Å²) in [6.45, 7) is 6.18. The molecule has 0 aliphatic carbocycles. The van der Waals surface area contributed by atoms with E-state index < -0.39 is 17.0 Å². The van der Waals surface area contributed by atoms with Gasteiger partial charge in [0.2, 0.25) is 5.78 Å². The number of nitrogens with zero attached hydrogens (tertiary/aromatic N) is 1. The summed E-state index contributed by atoms with van der Waals surface area (Å²) in [7, 11) is 0. The molecule has 0 unspecified atom stereocenters. The Bertz CT molecular complexity index is 657. The van der Waals surface area contributed by atoms with Gasteiger partial charge in [-0.3, -0.25) is 4.79 Å². The van der Waals surface area contributed by atoms with Gasteiger partial charge in [0.1, 0.15) is 17.2 Å². The number of hydrogen-bond donors (Lipinski definition) is 0. The second-order valence-corrected chi connectivity index (χ2v) is 7.03. The van der Waals surface area contributed by atoms with Crippen LogP contribution in [0.4, 0.5) is 9.18 Å². The van der Waals surface area contributed by atoms with Crippen molar-refractivity contribution in [3.05, 3.63) is 29.6 Å². The fourth-order valence-electron chi connectivity index (χ4n) is 2.98. The van der Waals surface area contributed by atoms with Crippen molar-refractivity contribution < 1.29 is 23.5 Å². The molecule has 2 aliphatic heterocycles. The van der Waals surface area contributed by atoms with Crippen LogP contribution >= 0.6 is 0 Å². The van der Waals surface area contributed by atoms with Gasteiger partial charge >= 0.3 is 6.09 Å². The number of rotatable bonds is 0. The van der Waals surface area contributed by atoms with Crippen LogP contribution in [0.25, 0.3) is 0 Å². The van der Waals surface area contributed by atoms with Crippen molar-refractivity contribution in [2.45, 2.75) is 44.8 Å². The summed E-state index contributed by atoms with van der Waals surface area (Å²) in [4.78, 5) is 26.3. The highest BCUT2D eigenvalue weighted by molar-refractivity contribution is 6.07. The predicted molar refractivity (Wildman–Crippen MR) is 81.1 cm³/mol. The average molecular weight is 321 g/mol. The van der Waals surface area contributed by atoms with Crippen LogP contribution in [0.2, 0.25) is 0 Å². The van der Waals surface area contributed by atoms with Gasteiger partial charge in [0.05, 0.1) is 5.56 Å². The number of halogens is 1. The number of ether oxygens (including phenoxy) is 2. The molecule has 3 rings (SSSR count). The number of fused-ring (bicyclic) bond motifs is 1. The van der Waals surface area contributed by atoms with Crippen molar-refractivity contribution in [1.29, 1.82) is 0 Å². The Kier molecular flexibility index (Phi) is 3.58. The number of likely N-dealkylation sites (tertiary alicyclic amines) is 1. The minimum Gasteiger partial charge on any atom is -0.478 e. The largest absolute Gasteiger partial charge is 0.478 e. The SMILES string of the molecule is CC(C)(C)OC(=O)N1CCC2(CC1)Oc1cc(F)ccc1C2=O. The summed E-state index contributed by atoms with van der Waals surface area (Å²) in [5.74, 6) is -0.267. The van der Waals surface area contributed by atoms with Gasteiger partial charge in [0.15, 0.2) is 5.60 Å². The van der Waals surface area contributed by atoms with Crippen molar-refractivity contribution in [2.75, 3.05) is 13.1 Å². The summed E-state index contributed by atoms with van der Waals surface area (Å²) in [6.07, 6.45) is 0.365.